The normalized spacial score (nSPS) is 16.6. The predicted molar refractivity (Wildman–Crippen MR) is 150 cm³/mol. The van der Waals surface area contributed by atoms with Crippen molar-refractivity contribution in [1.29, 1.82) is 0 Å². The second kappa shape index (κ2) is 11.6. The highest BCUT2D eigenvalue weighted by atomic mass is 127. The van der Waals surface area contributed by atoms with Crippen LogP contribution in [-0.2, 0) is 13.0 Å². The van der Waals surface area contributed by atoms with Crippen LogP contribution < -0.4 is 14.8 Å². The lowest BCUT2D eigenvalue weighted by atomic mass is 9.89. The fourth-order valence-electron chi connectivity index (χ4n) is 5.13. The highest BCUT2D eigenvalue weighted by molar-refractivity contribution is 14.1. The van der Waals surface area contributed by atoms with E-state index in [0.29, 0.717) is 12.7 Å². The highest BCUT2D eigenvalue weighted by Crippen LogP contribution is 2.33. The second-order valence-electron chi connectivity index (χ2n) is 9.79. The summed E-state index contributed by atoms with van der Waals surface area (Å²) in [4.78, 5) is 15.4. The summed E-state index contributed by atoms with van der Waals surface area (Å²) in [5, 5.41) is 3.20. The molecule has 2 heterocycles. The van der Waals surface area contributed by atoms with E-state index in [1.54, 1.807) is 0 Å². The topological polar surface area (TPSA) is 50.8 Å². The third-order valence-corrected chi connectivity index (χ3v) is 8.00. The molecule has 1 N–H and O–H groups in total. The molecule has 5 rings (SSSR count). The van der Waals surface area contributed by atoms with Crippen molar-refractivity contribution in [1.82, 2.24) is 10.2 Å². The van der Waals surface area contributed by atoms with Crippen LogP contribution in [0, 0.1) is 9.49 Å². The number of benzene rings is 3. The number of nitrogens with one attached hydrogen (secondary N) is 1. The molecule has 0 bridgehead atoms. The fraction of sp³-hybridized carbons (Fsp3) is 0.367. The number of hydrogen-bond donors (Lipinski definition) is 1. The summed E-state index contributed by atoms with van der Waals surface area (Å²) in [7, 11) is 0. The summed E-state index contributed by atoms with van der Waals surface area (Å²) in [6.07, 6.45) is 4.32. The average Bonchev–Trinajstić information content (AvgIpc) is 3.37. The fourth-order valence-corrected chi connectivity index (χ4v) is 5.49. The van der Waals surface area contributed by atoms with Gasteiger partial charge in [0.15, 0.2) is 11.5 Å². The van der Waals surface area contributed by atoms with Crippen molar-refractivity contribution in [3.8, 4) is 11.5 Å². The van der Waals surface area contributed by atoms with Gasteiger partial charge in [-0.05, 0) is 120 Å². The number of hydrogen-bond acceptors (Lipinski definition) is 4. The van der Waals surface area contributed by atoms with Crippen LogP contribution >= 0.6 is 22.6 Å². The zero-order chi connectivity index (χ0) is 24.9. The number of piperidine rings is 1. The quantitative estimate of drug-likeness (QED) is 0.308. The molecule has 1 atom stereocenters. The van der Waals surface area contributed by atoms with E-state index in [9.17, 15) is 4.79 Å². The van der Waals surface area contributed by atoms with Crippen LogP contribution in [-0.4, -0.2) is 30.7 Å². The van der Waals surface area contributed by atoms with Crippen LogP contribution in [0.2, 0.25) is 0 Å². The van der Waals surface area contributed by atoms with E-state index in [4.69, 9.17) is 9.47 Å². The lowest BCUT2D eigenvalue weighted by molar-refractivity contribution is 0.0935. The van der Waals surface area contributed by atoms with Gasteiger partial charge in [-0.3, -0.25) is 9.69 Å². The van der Waals surface area contributed by atoms with Gasteiger partial charge in [0.1, 0.15) is 0 Å². The zero-order valence-electron chi connectivity index (χ0n) is 20.7. The summed E-state index contributed by atoms with van der Waals surface area (Å²) in [6.45, 7) is 5.59. The van der Waals surface area contributed by atoms with E-state index < -0.39 is 0 Å². The van der Waals surface area contributed by atoms with Crippen LogP contribution in [0.25, 0.3) is 0 Å². The molecule has 1 amide bonds. The molecule has 0 spiro atoms. The number of carbonyl (C=O) groups is 1. The molecule has 3 aromatic carbocycles. The molecule has 188 valence electrons. The summed E-state index contributed by atoms with van der Waals surface area (Å²) >= 11 is 2.30. The second-order valence-corrected chi connectivity index (χ2v) is 11.0. The number of likely N-dealkylation sites (tertiary alicyclic amines) is 1. The predicted octanol–water partition coefficient (Wildman–Crippen LogP) is 6.36. The Balaban J connectivity index is 1.10. The summed E-state index contributed by atoms with van der Waals surface area (Å²) in [6, 6.07) is 22.8. The van der Waals surface area contributed by atoms with E-state index in [1.807, 2.05) is 18.2 Å². The third kappa shape index (κ3) is 6.21. The van der Waals surface area contributed by atoms with Crippen molar-refractivity contribution < 1.29 is 14.3 Å². The van der Waals surface area contributed by atoms with Crippen LogP contribution in [0.4, 0.5) is 0 Å². The molecule has 2 aliphatic heterocycles. The van der Waals surface area contributed by atoms with Crippen molar-refractivity contribution in [3.05, 3.63) is 92.6 Å². The lowest BCUT2D eigenvalue weighted by Crippen LogP contribution is -2.33. The first-order valence-corrected chi connectivity index (χ1v) is 13.9. The molecule has 0 aliphatic carbocycles. The SMILES string of the molecule is CC[C@@H](NC(=O)c1ccc(CC2CCN(Cc3ccc4c(c3)OCO4)CC2)cc1)c1ccc(I)cc1. The number of halogens is 1. The Morgan fingerprint density at radius 3 is 2.39 bits per heavy atom. The van der Waals surface area contributed by atoms with Crippen LogP contribution in [0.1, 0.15) is 59.3 Å². The molecule has 0 radical (unpaired) electrons. The monoisotopic (exact) mass is 596 g/mol. The molecule has 6 heteroatoms. The number of rotatable bonds is 8. The Hall–Kier alpha value is -2.58. The molecular weight excluding hydrogens is 563 g/mol. The maximum absolute atomic E-state index is 12.9. The number of amides is 1. The van der Waals surface area contributed by atoms with Gasteiger partial charge in [0.05, 0.1) is 6.04 Å². The largest absolute Gasteiger partial charge is 0.454 e. The first-order valence-electron chi connectivity index (χ1n) is 12.8. The Labute approximate surface area is 227 Å². The minimum absolute atomic E-state index is 0.0104. The van der Waals surface area contributed by atoms with Crippen molar-refractivity contribution >= 4 is 28.5 Å². The Morgan fingerprint density at radius 2 is 1.67 bits per heavy atom. The average molecular weight is 597 g/mol. The van der Waals surface area contributed by atoms with Gasteiger partial charge in [-0.25, -0.2) is 0 Å². The minimum Gasteiger partial charge on any atom is -0.454 e. The van der Waals surface area contributed by atoms with E-state index in [2.05, 4.69) is 88.3 Å². The van der Waals surface area contributed by atoms with Crippen molar-refractivity contribution in [2.45, 2.75) is 45.2 Å². The first kappa shape index (κ1) is 25.1. The van der Waals surface area contributed by atoms with Gasteiger partial charge in [0.2, 0.25) is 6.79 Å². The smallest absolute Gasteiger partial charge is 0.251 e. The Morgan fingerprint density at radius 1 is 0.972 bits per heavy atom. The van der Waals surface area contributed by atoms with E-state index in [-0.39, 0.29) is 11.9 Å². The van der Waals surface area contributed by atoms with Gasteiger partial charge < -0.3 is 14.8 Å². The van der Waals surface area contributed by atoms with Crippen molar-refractivity contribution in [3.63, 3.8) is 0 Å². The molecule has 1 fully saturated rings. The number of ether oxygens (including phenoxy) is 2. The summed E-state index contributed by atoms with van der Waals surface area (Å²) < 4.78 is 12.1. The van der Waals surface area contributed by atoms with Crippen LogP contribution in [0.5, 0.6) is 11.5 Å². The number of carbonyl (C=O) groups excluding carboxylic acids is 1. The molecule has 0 unspecified atom stereocenters. The maximum atomic E-state index is 12.9. The van der Waals surface area contributed by atoms with Gasteiger partial charge in [-0.1, -0.05) is 37.3 Å². The lowest BCUT2D eigenvalue weighted by Gasteiger charge is -2.32. The molecule has 0 saturated carbocycles. The minimum atomic E-state index is -0.0104. The Bertz CT molecular complexity index is 1170. The van der Waals surface area contributed by atoms with Crippen LogP contribution in [0.15, 0.2) is 66.7 Å². The highest BCUT2D eigenvalue weighted by Gasteiger charge is 2.21. The Kier molecular flexibility index (Phi) is 8.12. The standard InChI is InChI=1S/C30H33IN2O3/c1-2-27(24-8-10-26(31)11-9-24)32-30(34)25-6-3-21(4-7-25)17-22-13-15-33(16-14-22)19-23-5-12-28-29(18-23)36-20-35-28/h3-12,18,22,27H,2,13-17,19-20H2,1H3,(H,32,34)/t27-/m1/s1. The van der Waals surface area contributed by atoms with Crippen molar-refractivity contribution in [2.24, 2.45) is 5.92 Å². The molecule has 36 heavy (non-hydrogen) atoms. The first-order chi connectivity index (χ1) is 17.6. The molecule has 1 saturated heterocycles. The molecule has 3 aromatic rings. The maximum Gasteiger partial charge on any atom is 0.251 e. The molecular formula is C30H33IN2O3. The zero-order valence-corrected chi connectivity index (χ0v) is 22.9. The number of fused-ring (bicyclic) bond motifs is 1. The third-order valence-electron chi connectivity index (χ3n) is 7.28. The van der Waals surface area contributed by atoms with Gasteiger partial charge in [0, 0.05) is 15.7 Å². The van der Waals surface area contributed by atoms with Gasteiger partial charge in [-0.2, -0.15) is 0 Å². The van der Waals surface area contributed by atoms with E-state index in [1.165, 1.54) is 27.5 Å². The summed E-state index contributed by atoms with van der Waals surface area (Å²) in [5.74, 6) is 2.38. The van der Waals surface area contributed by atoms with Crippen LogP contribution in [0.3, 0.4) is 0 Å². The summed E-state index contributed by atoms with van der Waals surface area (Å²) in [5.41, 5.74) is 4.46. The van der Waals surface area contributed by atoms with E-state index in [0.717, 1.165) is 55.1 Å². The number of nitrogens with zero attached hydrogens (tertiary/aromatic N) is 1. The van der Waals surface area contributed by atoms with Gasteiger partial charge in [0.25, 0.3) is 5.91 Å². The van der Waals surface area contributed by atoms with E-state index >= 15 is 0 Å². The molecule has 0 aromatic heterocycles. The van der Waals surface area contributed by atoms with Crippen molar-refractivity contribution in [2.75, 3.05) is 19.9 Å². The van der Waals surface area contributed by atoms with Gasteiger partial charge in [-0.15, -0.1) is 0 Å². The molecule has 2 aliphatic rings. The molecule has 5 nitrogen and oxygen atoms in total. The van der Waals surface area contributed by atoms with Gasteiger partial charge >= 0.3 is 0 Å².